The normalized spacial score (nSPS) is 14.4. The van der Waals surface area contributed by atoms with Gasteiger partial charge in [-0.2, -0.15) is 0 Å². The number of carbonyl (C=O) groups is 1. The standard InChI is InChI=1S/C30H42N4O4Si/c1-30(2,3)39(6,7)38-16-15-34(23-17-24(36-4)20-25(18-23)37-5)22-11-12-26-27(19-22)32-28(21-31-26)29(35)33-13-9-8-10-14-33/h11-12,17-21H,8-10,13-16H2,1-7H3. The van der Waals surface area contributed by atoms with E-state index in [9.17, 15) is 4.79 Å². The van der Waals surface area contributed by atoms with E-state index in [0.717, 1.165) is 42.8 Å². The fraction of sp³-hybridized carbons (Fsp3) is 0.500. The van der Waals surface area contributed by atoms with Crippen molar-refractivity contribution in [3.63, 3.8) is 0 Å². The number of nitrogens with zero attached hydrogens (tertiary/aromatic N) is 4. The molecule has 0 unspecified atom stereocenters. The summed E-state index contributed by atoms with van der Waals surface area (Å²) in [7, 11) is 1.37. The van der Waals surface area contributed by atoms with Crippen LogP contribution in [0, 0.1) is 0 Å². The monoisotopic (exact) mass is 550 g/mol. The van der Waals surface area contributed by atoms with E-state index in [4.69, 9.17) is 18.9 Å². The first kappa shape index (κ1) is 28.8. The first-order chi connectivity index (χ1) is 18.5. The van der Waals surface area contributed by atoms with Crippen LogP contribution in [0.1, 0.15) is 50.5 Å². The van der Waals surface area contributed by atoms with Crippen LogP contribution in [0.3, 0.4) is 0 Å². The zero-order valence-electron chi connectivity index (χ0n) is 24.4. The zero-order chi connectivity index (χ0) is 28.2. The summed E-state index contributed by atoms with van der Waals surface area (Å²) in [6.07, 6.45) is 4.83. The van der Waals surface area contributed by atoms with Crippen LogP contribution in [-0.2, 0) is 4.43 Å². The van der Waals surface area contributed by atoms with Crippen LogP contribution >= 0.6 is 0 Å². The quantitative estimate of drug-likeness (QED) is 0.284. The number of aromatic nitrogens is 2. The molecule has 0 aliphatic carbocycles. The summed E-state index contributed by atoms with van der Waals surface area (Å²) in [5.41, 5.74) is 3.65. The number of anilines is 2. The highest BCUT2D eigenvalue weighted by atomic mass is 28.4. The van der Waals surface area contributed by atoms with E-state index in [-0.39, 0.29) is 10.9 Å². The molecule has 1 amide bonds. The van der Waals surface area contributed by atoms with E-state index in [0.29, 0.717) is 35.9 Å². The third kappa shape index (κ3) is 6.70. The Morgan fingerprint density at radius 1 is 0.949 bits per heavy atom. The minimum absolute atomic E-state index is 0.0494. The van der Waals surface area contributed by atoms with Gasteiger partial charge in [0.1, 0.15) is 17.2 Å². The number of amides is 1. The average Bonchev–Trinajstić information content (AvgIpc) is 2.93. The molecule has 1 aliphatic rings. The van der Waals surface area contributed by atoms with Crippen LogP contribution < -0.4 is 14.4 Å². The molecule has 2 aromatic carbocycles. The Hall–Kier alpha value is -3.17. The molecule has 9 heteroatoms. The van der Waals surface area contributed by atoms with Crippen molar-refractivity contribution in [2.24, 2.45) is 0 Å². The van der Waals surface area contributed by atoms with Crippen LogP contribution in [-0.4, -0.2) is 69.6 Å². The summed E-state index contributed by atoms with van der Waals surface area (Å²) in [6.45, 7) is 14.0. The lowest BCUT2D eigenvalue weighted by Gasteiger charge is -2.37. The molecular formula is C30H42N4O4Si. The van der Waals surface area contributed by atoms with E-state index in [1.807, 2.05) is 41.3 Å². The van der Waals surface area contributed by atoms with E-state index in [2.05, 4.69) is 43.7 Å². The van der Waals surface area contributed by atoms with E-state index in [1.165, 1.54) is 6.42 Å². The number of hydrogen-bond acceptors (Lipinski definition) is 7. The second kappa shape index (κ2) is 11.9. The Balaban J connectivity index is 1.69. The number of benzene rings is 2. The lowest BCUT2D eigenvalue weighted by molar-refractivity contribution is 0.0718. The molecule has 2 heterocycles. The van der Waals surface area contributed by atoms with Crippen molar-refractivity contribution in [2.75, 3.05) is 45.4 Å². The molecule has 210 valence electrons. The lowest BCUT2D eigenvalue weighted by Crippen LogP contribution is -2.42. The Bertz CT molecular complexity index is 1280. The Kier molecular flexibility index (Phi) is 8.81. The number of methoxy groups -OCH3 is 2. The number of piperidine rings is 1. The molecule has 1 saturated heterocycles. The van der Waals surface area contributed by atoms with Gasteiger partial charge in [-0.05, 0) is 55.6 Å². The van der Waals surface area contributed by atoms with Gasteiger partial charge in [0.05, 0.1) is 38.1 Å². The topological polar surface area (TPSA) is 77.0 Å². The predicted octanol–water partition coefficient (Wildman–Crippen LogP) is 6.43. The van der Waals surface area contributed by atoms with Gasteiger partial charge in [0.15, 0.2) is 8.32 Å². The maximum Gasteiger partial charge on any atom is 0.274 e. The predicted molar refractivity (Wildman–Crippen MR) is 159 cm³/mol. The fourth-order valence-corrected chi connectivity index (χ4v) is 5.53. The smallest absolute Gasteiger partial charge is 0.274 e. The highest BCUT2D eigenvalue weighted by Gasteiger charge is 2.37. The lowest BCUT2D eigenvalue weighted by atomic mass is 10.1. The number of ether oxygens (including phenoxy) is 2. The molecule has 8 nitrogen and oxygen atoms in total. The first-order valence-corrected chi connectivity index (χ1v) is 16.6. The molecule has 0 radical (unpaired) electrons. The van der Waals surface area contributed by atoms with Gasteiger partial charge >= 0.3 is 0 Å². The van der Waals surface area contributed by atoms with Crippen molar-refractivity contribution >= 4 is 36.6 Å². The van der Waals surface area contributed by atoms with Crippen LogP contribution in [0.15, 0.2) is 42.6 Å². The third-order valence-electron chi connectivity index (χ3n) is 7.93. The minimum atomic E-state index is -1.93. The number of carbonyl (C=O) groups excluding carboxylic acids is 1. The Morgan fingerprint density at radius 2 is 1.62 bits per heavy atom. The average molecular weight is 551 g/mol. The summed E-state index contributed by atoms with van der Waals surface area (Å²) >= 11 is 0. The highest BCUT2D eigenvalue weighted by molar-refractivity contribution is 6.74. The summed E-state index contributed by atoms with van der Waals surface area (Å²) in [5, 5.41) is 0.118. The van der Waals surface area contributed by atoms with Gasteiger partial charge in [0, 0.05) is 49.2 Å². The van der Waals surface area contributed by atoms with Gasteiger partial charge in [0.2, 0.25) is 0 Å². The molecule has 4 rings (SSSR count). The maximum atomic E-state index is 13.1. The Labute approximate surface area is 233 Å². The molecular weight excluding hydrogens is 508 g/mol. The van der Waals surface area contributed by atoms with Gasteiger partial charge in [-0.25, -0.2) is 4.98 Å². The molecule has 0 spiro atoms. The van der Waals surface area contributed by atoms with Crippen molar-refractivity contribution in [2.45, 2.75) is 58.2 Å². The van der Waals surface area contributed by atoms with Crippen molar-refractivity contribution in [3.8, 4) is 11.5 Å². The molecule has 0 bridgehead atoms. The van der Waals surface area contributed by atoms with Gasteiger partial charge in [0.25, 0.3) is 5.91 Å². The zero-order valence-corrected chi connectivity index (χ0v) is 25.4. The van der Waals surface area contributed by atoms with Crippen molar-refractivity contribution in [1.29, 1.82) is 0 Å². The van der Waals surface area contributed by atoms with E-state index < -0.39 is 8.32 Å². The molecule has 1 fully saturated rings. The highest BCUT2D eigenvalue weighted by Crippen LogP contribution is 2.37. The number of rotatable bonds is 9. The SMILES string of the molecule is COc1cc(OC)cc(N(CCO[Si](C)(C)C(C)(C)C)c2ccc3ncc(C(=O)N4CCCCC4)nc3c2)c1. The van der Waals surface area contributed by atoms with Crippen molar-refractivity contribution < 1.29 is 18.7 Å². The van der Waals surface area contributed by atoms with Crippen LogP contribution in [0.25, 0.3) is 11.0 Å². The van der Waals surface area contributed by atoms with Crippen molar-refractivity contribution in [1.82, 2.24) is 14.9 Å². The number of likely N-dealkylation sites (tertiary alicyclic amines) is 1. The number of hydrogen-bond donors (Lipinski definition) is 0. The summed E-state index contributed by atoms with van der Waals surface area (Å²) in [5.74, 6) is 1.36. The van der Waals surface area contributed by atoms with E-state index >= 15 is 0 Å². The number of fused-ring (bicyclic) bond motifs is 1. The minimum Gasteiger partial charge on any atom is -0.497 e. The Morgan fingerprint density at radius 3 is 2.23 bits per heavy atom. The van der Waals surface area contributed by atoms with Gasteiger partial charge in [-0.3, -0.25) is 9.78 Å². The summed E-state index contributed by atoms with van der Waals surface area (Å²) in [6, 6.07) is 11.8. The van der Waals surface area contributed by atoms with Gasteiger partial charge in [-0.15, -0.1) is 0 Å². The molecule has 0 N–H and O–H groups in total. The molecule has 1 aliphatic heterocycles. The first-order valence-electron chi connectivity index (χ1n) is 13.7. The maximum absolute atomic E-state index is 13.1. The molecule has 39 heavy (non-hydrogen) atoms. The van der Waals surface area contributed by atoms with Crippen LogP contribution in [0.4, 0.5) is 11.4 Å². The van der Waals surface area contributed by atoms with Crippen LogP contribution in [0.2, 0.25) is 18.1 Å². The van der Waals surface area contributed by atoms with Crippen molar-refractivity contribution in [3.05, 3.63) is 48.3 Å². The second-order valence-corrected chi connectivity index (χ2v) is 16.4. The third-order valence-corrected chi connectivity index (χ3v) is 12.5. The van der Waals surface area contributed by atoms with Crippen LogP contribution in [0.5, 0.6) is 11.5 Å². The molecule has 0 atom stereocenters. The summed E-state index contributed by atoms with van der Waals surface area (Å²) < 4.78 is 17.7. The molecule has 3 aromatic rings. The fourth-order valence-electron chi connectivity index (χ4n) is 4.49. The molecule has 1 aromatic heterocycles. The second-order valence-electron chi connectivity index (χ2n) is 11.6. The largest absolute Gasteiger partial charge is 0.497 e. The van der Waals surface area contributed by atoms with Gasteiger partial charge in [-0.1, -0.05) is 20.8 Å². The van der Waals surface area contributed by atoms with E-state index in [1.54, 1.807) is 20.4 Å². The van der Waals surface area contributed by atoms with Gasteiger partial charge < -0.3 is 23.7 Å². The molecule has 0 saturated carbocycles. The summed E-state index contributed by atoms with van der Waals surface area (Å²) in [4.78, 5) is 26.5.